The van der Waals surface area contributed by atoms with E-state index in [1.54, 1.807) is 31.1 Å². The van der Waals surface area contributed by atoms with Crippen LogP contribution in [-0.2, 0) is 16.0 Å². The topological polar surface area (TPSA) is 58.6 Å². The Labute approximate surface area is 190 Å². The molecule has 32 heavy (non-hydrogen) atoms. The molecule has 3 aromatic carbocycles. The van der Waals surface area contributed by atoms with Crippen molar-refractivity contribution in [1.82, 2.24) is 0 Å². The number of nitrogens with one attached hydrogen (secondary N) is 1. The molecule has 164 valence electrons. The molecule has 1 atom stereocenters. The van der Waals surface area contributed by atoms with Crippen LogP contribution in [-0.4, -0.2) is 24.7 Å². The molecular formula is C25H23FN2O3S. The first-order chi connectivity index (χ1) is 15.4. The maximum atomic E-state index is 14.1. The van der Waals surface area contributed by atoms with Crippen LogP contribution in [0.15, 0.2) is 66.7 Å². The summed E-state index contributed by atoms with van der Waals surface area (Å²) >= 11 is 1.50. The third kappa shape index (κ3) is 4.78. The van der Waals surface area contributed by atoms with Crippen LogP contribution in [0.3, 0.4) is 0 Å². The van der Waals surface area contributed by atoms with E-state index in [9.17, 15) is 14.0 Å². The third-order valence-corrected chi connectivity index (χ3v) is 6.52. The molecule has 1 aliphatic heterocycles. The van der Waals surface area contributed by atoms with Gasteiger partial charge in [-0.2, -0.15) is 0 Å². The van der Waals surface area contributed by atoms with Gasteiger partial charge in [-0.15, -0.1) is 11.8 Å². The lowest BCUT2D eigenvalue weighted by Crippen LogP contribution is -2.28. The highest BCUT2D eigenvalue weighted by Crippen LogP contribution is 2.42. The molecule has 0 unspecified atom stereocenters. The number of carbonyl (C=O) groups is 2. The summed E-state index contributed by atoms with van der Waals surface area (Å²) in [6, 6.07) is 19.6. The molecule has 1 saturated heterocycles. The van der Waals surface area contributed by atoms with E-state index in [2.05, 4.69) is 5.32 Å². The van der Waals surface area contributed by atoms with Crippen molar-refractivity contribution in [2.24, 2.45) is 0 Å². The fourth-order valence-corrected chi connectivity index (χ4v) is 4.72. The normalized spacial score (nSPS) is 15.7. The van der Waals surface area contributed by atoms with Crippen LogP contribution in [0, 0.1) is 12.7 Å². The van der Waals surface area contributed by atoms with E-state index >= 15 is 0 Å². The number of halogens is 1. The van der Waals surface area contributed by atoms with Crippen molar-refractivity contribution in [3.05, 3.63) is 89.2 Å². The van der Waals surface area contributed by atoms with Crippen molar-refractivity contribution >= 4 is 35.0 Å². The fraction of sp³-hybridized carbons (Fsp3) is 0.200. The number of carbonyl (C=O) groups excluding carboxylic acids is 2. The molecule has 7 heteroatoms. The second-order valence-electron chi connectivity index (χ2n) is 7.56. The quantitative estimate of drug-likeness (QED) is 0.568. The lowest BCUT2D eigenvalue weighted by molar-refractivity contribution is -0.116. The number of hydrogen-bond donors (Lipinski definition) is 1. The average molecular weight is 451 g/mol. The Bertz CT molecular complexity index is 1130. The predicted octanol–water partition coefficient (Wildman–Crippen LogP) is 5.10. The molecule has 2 amide bonds. The lowest BCUT2D eigenvalue weighted by Gasteiger charge is -2.25. The predicted molar refractivity (Wildman–Crippen MR) is 126 cm³/mol. The SMILES string of the molecule is COc1ccc(CC(=O)Nc2ccc([C@@H]3SCC(=O)N3c3ccc(C)c(F)c3)cc2)cc1. The molecule has 0 spiro atoms. The molecule has 0 aromatic heterocycles. The van der Waals surface area contributed by atoms with E-state index in [1.165, 1.54) is 17.8 Å². The molecule has 1 heterocycles. The summed E-state index contributed by atoms with van der Waals surface area (Å²) in [5.74, 6) is 0.571. The van der Waals surface area contributed by atoms with Gasteiger partial charge in [0.2, 0.25) is 11.8 Å². The summed E-state index contributed by atoms with van der Waals surface area (Å²) in [4.78, 5) is 26.5. The Morgan fingerprint density at radius 3 is 2.50 bits per heavy atom. The maximum Gasteiger partial charge on any atom is 0.238 e. The second kappa shape index (κ2) is 9.44. The summed E-state index contributed by atoms with van der Waals surface area (Å²) in [5.41, 5.74) is 3.57. The molecule has 1 N–H and O–H groups in total. The number of amides is 2. The van der Waals surface area contributed by atoms with E-state index in [1.807, 2.05) is 48.5 Å². The zero-order valence-electron chi connectivity index (χ0n) is 17.8. The van der Waals surface area contributed by atoms with Crippen LogP contribution in [0.1, 0.15) is 22.1 Å². The molecule has 0 bridgehead atoms. The molecule has 0 aliphatic carbocycles. The number of thioether (sulfide) groups is 1. The van der Waals surface area contributed by atoms with Crippen molar-refractivity contribution in [3.63, 3.8) is 0 Å². The number of benzene rings is 3. The number of aryl methyl sites for hydroxylation is 1. The van der Waals surface area contributed by atoms with Crippen LogP contribution < -0.4 is 15.0 Å². The standard InChI is InChI=1S/C25H23FN2O3S/c1-16-3-10-20(14-22(16)26)28-24(30)15-32-25(28)18-6-8-19(9-7-18)27-23(29)13-17-4-11-21(31-2)12-5-17/h3-12,14,25H,13,15H2,1-2H3,(H,27,29)/t25-/m0/s1. The van der Waals surface area contributed by atoms with Crippen LogP contribution in [0.25, 0.3) is 0 Å². The molecule has 1 aliphatic rings. The number of anilines is 2. The largest absolute Gasteiger partial charge is 0.497 e. The monoisotopic (exact) mass is 450 g/mol. The zero-order chi connectivity index (χ0) is 22.7. The maximum absolute atomic E-state index is 14.1. The molecule has 3 aromatic rings. The van der Waals surface area contributed by atoms with Gasteiger partial charge in [-0.1, -0.05) is 30.3 Å². The Kier molecular flexibility index (Phi) is 6.46. The first kappa shape index (κ1) is 21.9. The minimum Gasteiger partial charge on any atom is -0.497 e. The molecule has 5 nitrogen and oxygen atoms in total. The van der Waals surface area contributed by atoms with Crippen molar-refractivity contribution in [2.75, 3.05) is 23.1 Å². The van der Waals surface area contributed by atoms with Crippen LogP contribution in [0.5, 0.6) is 5.75 Å². The first-order valence-corrected chi connectivity index (χ1v) is 11.2. The van der Waals surface area contributed by atoms with E-state index in [-0.39, 0.29) is 29.4 Å². The summed E-state index contributed by atoms with van der Waals surface area (Å²) in [6.45, 7) is 1.69. The smallest absolute Gasteiger partial charge is 0.238 e. The number of ether oxygens (including phenoxy) is 1. The summed E-state index contributed by atoms with van der Waals surface area (Å²) in [5, 5.41) is 2.65. The second-order valence-corrected chi connectivity index (χ2v) is 8.62. The van der Waals surface area contributed by atoms with Gasteiger partial charge in [0.25, 0.3) is 0 Å². The van der Waals surface area contributed by atoms with Gasteiger partial charge in [-0.25, -0.2) is 4.39 Å². The molecule has 0 radical (unpaired) electrons. The summed E-state index contributed by atoms with van der Waals surface area (Å²) < 4.78 is 19.2. The number of nitrogens with zero attached hydrogens (tertiary/aromatic N) is 1. The van der Waals surface area contributed by atoms with Gasteiger partial charge in [0, 0.05) is 11.4 Å². The van der Waals surface area contributed by atoms with Gasteiger partial charge in [-0.3, -0.25) is 14.5 Å². The summed E-state index contributed by atoms with van der Waals surface area (Å²) in [7, 11) is 1.60. The third-order valence-electron chi connectivity index (χ3n) is 5.30. The van der Waals surface area contributed by atoms with Crippen molar-refractivity contribution in [2.45, 2.75) is 18.7 Å². The molecule has 0 saturated carbocycles. The first-order valence-electron chi connectivity index (χ1n) is 10.2. The minimum atomic E-state index is -0.333. The van der Waals surface area contributed by atoms with Gasteiger partial charge in [0.1, 0.15) is 16.9 Å². The summed E-state index contributed by atoms with van der Waals surface area (Å²) in [6.07, 6.45) is 0.255. The average Bonchev–Trinajstić information content (AvgIpc) is 3.18. The fourth-order valence-electron chi connectivity index (χ4n) is 3.55. The van der Waals surface area contributed by atoms with E-state index < -0.39 is 0 Å². The molecule has 1 fully saturated rings. The lowest BCUT2D eigenvalue weighted by atomic mass is 10.1. The van der Waals surface area contributed by atoms with Gasteiger partial charge in [-0.05, 0) is 60.0 Å². The van der Waals surface area contributed by atoms with E-state index in [4.69, 9.17) is 4.74 Å². The highest BCUT2D eigenvalue weighted by atomic mass is 32.2. The minimum absolute atomic E-state index is 0.0554. The highest BCUT2D eigenvalue weighted by molar-refractivity contribution is 8.00. The van der Waals surface area contributed by atoms with Gasteiger partial charge < -0.3 is 10.1 Å². The Balaban J connectivity index is 1.44. The van der Waals surface area contributed by atoms with E-state index in [0.29, 0.717) is 22.7 Å². The van der Waals surface area contributed by atoms with Crippen molar-refractivity contribution in [3.8, 4) is 5.75 Å². The zero-order valence-corrected chi connectivity index (χ0v) is 18.6. The Morgan fingerprint density at radius 2 is 1.84 bits per heavy atom. The van der Waals surface area contributed by atoms with Gasteiger partial charge >= 0.3 is 0 Å². The van der Waals surface area contributed by atoms with E-state index in [0.717, 1.165) is 16.9 Å². The van der Waals surface area contributed by atoms with Crippen LogP contribution in [0.4, 0.5) is 15.8 Å². The van der Waals surface area contributed by atoms with Crippen LogP contribution >= 0.6 is 11.8 Å². The highest BCUT2D eigenvalue weighted by Gasteiger charge is 2.34. The van der Waals surface area contributed by atoms with Crippen molar-refractivity contribution < 1.29 is 18.7 Å². The van der Waals surface area contributed by atoms with Crippen LogP contribution in [0.2, 0.25) is 0 Å². The molecule has 4 rings (SSSR count). The van der Waals surface area contributed by atoms with Crippen molar-refractivity contribution in [1.29, 1.82) is 0 Å². The van der Waals surface area contributed by atoms with Gasteiger partial charge in [0.05, 0.1) is 19.3 Å². The molecular weight excluding hydrogens is 427 g/mol. The number of rotatable bonds is 6. The number of hydrogen-bond acceptors (Lipinski definition) is 4. The Morgan fingerprint density at radius 1 is 1.12 bits per heavy atom. The van der Waals surface area contributed by atoms with Gasteiger partial charge in [0.15, 0.2) is 0 Å². The number of methoxy groups -OCH3 is 1. The Hall–Kier alpha value is -3.32.